The van der Waals surface area contributed by atoms with E-state index in [9.17, 15) is 13.2 Å². The summed E-state index contributed by atoms with van der Waals surface area (Å²) in [5.74, 6) is 1.93. The minimum absolute atomic E-state index is 0.112. The lowest BCUT2D eigenvalue weighted by atomic mass is 10.1. The van der Waals surface area contributed by atoms with Crippen molar-refractivity contribution in [2.45, 2.75) is 6.42 Å². The second-order valence-corrected chi connectivity index (χ2v) is 7.30. The number of carbonyl (C=O) groups is 1. The summed E-state index contributed by atoms with van der Waals surface area (Å²) in [5, 5.41) is 0. The number of carbonyl (C=O) groups excluding carboxylic acids is 1. The summed E-state index contributed by atoms with van der Waals surface area (Å²) in [6.45, 7) is 0.346. The number of hydrogen-bond acceptors (Lipinski definition) is 3. The molecule has 0 bridgehead atoms. The number of hydrogen-bond donors (Lipinski definition) is 0. The van der Waals surface area contributed by atoms with Crippen LogP contribution in [0.5, 0.6) is 0 Å². The van der Waals surface area contributed by atoms with E-state index in [1.165, 1.54) is 0 Å². The quantitative estimate of drug-likeness (QED) is 0.629. The molecular formula is C13H12ClNO3S. The number of benzene rings is 1. The monoisotopic (exact) mass is 297 g/mol. The van der Waals surface area contributed by atoms with Crippen LogP contribution >= 0.6 is 10.7 Å². The Morgan fingerprint density at radius 2 is 2.21 bits per heavy atom. The van der Waals surface area contributed by atoms with Crippen molar-refractivity contribution in [1.82, 2.24) is 0 Å². The van der Waals surface area contributed by atoms with E-state index in [1.54, 1.807) is 29.2 Å². The highest BCUT2D eigenvalue weighted by molar-refractivity contribution is 8.13. The average Bonchev–Trinajstić information content (AvgIpc) is 2.68. The Balaban J connectivity index is 2.18. The lowest BCUT2D eigenvalue weighted by Crippen LogP contribution is -2.25. The number of halogens is 1. The Kier molecular flexibility index (Phi) is 3.83. The van der Waals surface area contributed by atoms with Crippen LogP contribution in [0.3, 0.4) is 0 Å². The van der Waals surface area contributed by atoms with Gasteiger partial charge in [0, 0.05) is 40.8 Å². The first kappa shape index (κ1) is 13.9. The Bertz CT molecular complexity index is 648. The lowest BCUT2D eigenvalue weighted by Gasteiger charge is -2.16. The molecule has 2 rings (SSSR count). The van der Waals surface area contributed by atoms with E-state index >= 15 is 0 Å². The fourth-order valence-electron chi connectivity index (χ4n) is 2.19. The molecule has 1 amide bonds. The van der Waals surface area contributed by atoms with Gasteiger partial charge in [0.2, 0.25) is 15.0 Å². The van der Waals surface area contributed by atoms with E-state index in [-0.39, 0.29) is 24.0 Å². The molecule has 6 heteroatoms. The second kappa shape index (κ2) is 5.24. The fraction of sp³-hybridized carbons (Fsp3) is 0.308. The average molecular weight is 298 g/mol. The Morgan fingerprint density at radius 1 is 1.47 bits per heavy atom. The first-order chi connectivity index (χ1) is 8.89. The lowest BCUT2D eigenvalue weighted by molar-refractivity contribution is -0.117. The van der Waals surface area contributed by atoms with E-state index in [2.05, 4.69) is 5.92 Å². The van der Waals surface area contributed by atoms with Crippen LogP contribution in [0.2, 0.25) is 0 Å². The number of anilines is 1. The minimum atomic E-state index is -3.59. The summed E-state index contributed by atoms with van der Waals surface area (Å²) < 4.78 is 22.1. The number of nitrogens with zero attached hydrogens (tertiary/aromatic N) is 1. The molecule has 1 aromatic carbocycles. The molecule has 1 aliphatic rings. The highest BCUT2D eigenvalue weighted by atomic mass is 35.7. The van der Waals surface area contributed by atoms with Crippen molar-refractivity contribution in [2.24, 2.45) is 5.92 Å². The molecule has 1 heterocycles. The van der Waals surface area contributed by atoms with Crippen molar-refractivity contribution < 1.29 is 13.2 Å². The van der Waals surface area contributed by atoms with Gasteiger partial charge in [-0.2, -0.15) is 0 Å². The van der Waals surface area contributed by atoms with Gasteiger partial charge in [0.15, 0.2) is 0 Å². The third-order valence-electron chi connectivity index (χ3n) is 2.96. The van der Waals surface area contributed by atoms with Crippen LogP contribution in [0.25, 0.3) is 0 Å². The highest BCUT2D eigenvalue weighted by Gasteiger charge is 2.33. The molecule has 1 saturated heterocycles. The van der Waals surface area contributed by atoms with Gasteiger partial charge >= 0.3 is 0 Å². The molecule has 0 N–H and O–H groups in total. The van der Waals surface area contributed by atoms with Gasteiger partial charge in [0.05, 0.1) is 5.75 Å². The summed E-state index contributed by atoms with van der Waals surface area (Å²) in [6.07, 6.45) is 5.50. The second-order valence-electron chi connectivity index (χ2n) is 4.47. The van der Waals surface area contributed by atoms with Crippen molar-refractivity contribution in [1.29, 1.82) is 0 Å². The zero-order chi connectivity index (χ0) is 14.0. The molecule has 19 heavy (non-hydrogen) atoms. The number of rotatable bonds is 3. The van der Waals surface area contributed by atoms with E-state index in [4.69, 9.17) is 17.1 Å². The van der Waals surface area contributed by atoms with Crippen LogP contribution in [0, 0.1) is 18.3 Å². The summed E-state index contributed by atoms with van der Waals surface area (Å²) in [5.41, 5.74) is 1.37. The van der Waals surface area contributed by atoms with E-state index < -0.39 is 9.05 Å². The molecule has 100 valence electrons. The molecule has 0 aliphatic carbocycles. The predicted octanol–water partition coefficient (Wildman–Crippen LogP) is 1.59. The van der Waals surface area contributed by atoms with Crippen LogP contribution in [0.1, 0.15) is 12.0 Å². The molecule has 1 atom stereocenters. The SMILES string of the molecule is C#Cc1cccc(N2CC(CS(=O)(=O)Cl)CC2=O)c1. The molecule has 1 fully saturated rings. The van der Waals surface area contributed by atoms with Crippen molar-refractivity contribution in [2.75, 3.05) is 17.2 Å². The summed E-state index contributed by atoms with van der Waals surface area (Å²) in [6, 6.07) is 7.04. The Labute approximate surface area is 116 Å². The van der Waals surface area contributed by atoms with Crippen LogP contribution in [-0.2, 0) is 13.8 Å². The minimum Gasteiger partial charge on any atom is -0.312 e. The van der Waals surface area contributed by atoms with Crippen molar-refractivity contribution in [3.05, 3.63) is 29.8 Å². The van der Waals surface area contributed by atoms with Crippen molar-refractivity contribution in [3.63, 3.8) is 0 Å². The molecule has 4 nitrogen and oxygen atoms in total. The van der Waals surface area contributed by atoms with E-state index in [0.717, 1.165) is 0 Å². The topological polar surface area (TPSA) is 54.5 Å². The van der Waals surface area contributed by atoms with Gasteiger partial charge in [0.1, 0.15) is 0 Å². The maximum Gasteiger partial charge on any atom is 0.232 e. The number of amides is 1. The highest BCUT2D eigenvalue weighted by Crippen LogP contribution is 2.27. The van der Waals surface area contributed by atoms with Crippen molar-refractivity contribution in [3.8, 4) is 12.3 Å². The van der Waals surface area contributed by atoms with Crippen molar-refractivity contribution >= 4 is 31.3 Å². The van der Waals surface area contributed by atoms with Gasteiger partial charge in [-0.25, -0.2) is 8.42 Å². The van der Waals surface area contributed by atoms with Crippen LogP contribution in [-0.4, -0.2) is 26.6 Å². The normalized spacial score (nSPS) is 19.5. The van der Waals surface area contributed by atoms with Gasteiger partial charge < -0.3 is 4.90 Å². The fourth-order valence-corrected chi connectivity index (χ4v) is 3.51. The predicted molar refractivity (Wildman–Crippen MR) is 74.5 cm³/mol. The first-order valence-corrected chi connectivity index (χ1v) is 8.16. The molecule has 1 aliphatic heterocycles. The maximum atomic E-state index is 11.9. The van der Waals surface area contributed by atoms with E-state index in [0.29, 0.717) is 17.8 Å². The summed E-state index contributed by atoms with van der Waals surface area (Å²) in [7, 11) is 1.63. The molecule has 0 aromatic heterocycles. The van der Waals surface area contributed by atoms with Gasteiger partial charge in [0.25, 0.3) is 0 Å². The smallest absolute Gasteiger partial charge is 0.232 e. The van der Waals surface area contributed by atoms with Gasteiger partial charge in [-0.05, 0) is 18.2 Å². The maximum absolute atomic E-state index is 11.9. The molecule has 0 spiro atoms. The van der Waals surface area contributed by atoms with Crippen LogP contribution in [0.15, 0.2) is 24.3 Å². The molecule has 1 unspecified atom stereocenters. The molecular weight excluding hydrogens is 286 g/mol. The third kappa shape index (κ3) is 3.49. The molecule has 0 radical (unpaired) electrons. The largest absolute Gasteiger partial charge is 0.312 e. The molecule has 1 aromatic rings. The van der Waals surface area contributed by atoms with Gasteiger partial charge in [-0.15, -0.1) is 6.42 Å². The standard InChI is InChI=1S/C13H12ClNO3S/c1-2-10-4-3-5-12(6-10)15-8-11(7-13(15)16)9-19(14,17)18/h1,3-6,11H,7-9H2. The summed E-state index contributed by atoms with van der Waals surface area (Å²) in [4.78, 5) is 13.5. The first-order valence-electron chi connectivity index (χ1n) is 5.68. The molecule has 0 saturated carbocycles. The van der Waals surface area contributed by atoms with Gasteiger partial charge in [-0.1, -0.05) is 12.0 Å². The third-order valence-corrected chi connectivity index (χ3v) is 4.21. The van der Waals surface area contributed by atoms with Crippen LogP contribution < -0.4 is 4.90 Å². The van der Waals surface area contributed by atoms with Gasteiger partial charge in [-0.3, -0.25) is 4.79 Å². The van der Waals surface area contributed by atoms with Crippen LogP contribution in [0.4, 0.5) is 5.69 Å². The Hall–Kier alpha value is -1.51. The Morgan fingerprint density at radius 3 is 2.84 bits per heavy atom. The summed E-state index contributed by atoms with van der Waals surface area (Å²) >= 11 is 0. The zero-order valence-corrected chi connectivity index (χ0v) is 11.6. The zero-order valence-electron chi connectivity index (χ0n) is 10.0. The number of terminal acetylenes is 1. The van der Waals surface area contributed by atoms with E-state index in [1.807, 2.05) is 0 Å².